The fraction of sp³-hybridized carbons (Fsp3) is 0.889. The van der Waals surface area contributed by atoms with Gasteiger partial charge in [-0.25, -0.2) is 0 Å². The van der Waals surface area contributed by atoms with Gasteiger partial charge < -0.3 is 4.90 Å². The smallest absolute Gasteiger partial charge is 0.223 e. The molecule has 1 amide bonds. The molecule has 0 spiro atoms. The molecule has 0 aliphatic carbocycles. The second-order valence-electron chi connectivity index (χ2n) is 4.20. The molecule has 1 heterocycles. The van der Waals surface area contributed by atoms with Crippen LogP contribution in [0.25, 0.3) is 0 Å². The molecule has 2 nitrogen and oxygen atoms in total. The zero-order valence-electron chi connectivity index (χ0n) is 7.77. The standard InChI is InChI=1S/C9H16ClNO/c1-9(2)6-8(12)11(7-9)5-3-4-10/h3-7H2,1-2H3. The molecule has 0 aromatic heterocycles. The number of carbonyl (C=O) groups excluding carboxylic acids is 1. The number of rotatable bonds is 3. The lowest BCUT2D eigenvalue weighted by Crippen LogP contribution is -2.27. The lowest BCUT2D eigenvalue weighted by atomic mass is 9.93. The number of halogens is 1. The molecule has 1 aliphatic heterocycles. The zero-order valence-corrected chi connectivity index (χ0v) is 8.52. The summed E-state index contributed by atoms with van der Waals surface area (Å²) in [6.45, 7) is 5.98. The van der Waals surface area contributed by atoms with Crippen LogP contribution < -0.4 is 0 Å². The maximum atomic E-state index is 11.4. The van der Waals surface area contributed by atoms with Crippen LogP contribution in [0.2, 0.25) is 0 Å². The fourth-order valence-electron chi connectivity index (χ4n) is 1.64. The van der Waals surface area contributed by atoms with Crippen molar-refractivity contribution < 1.29 is 4.79 Å². The molecule has 0 aromatic rings. The third-order valence-electron chi connectivity index (χ3n) is 2.16. The molecule has 1 aliphatic rings. The molecule has 0 atom stereocenters. The summed E-state index contributed by atoms with van der Waals surface area (Å²) < 4.78 is 0. The van der Waals surface area contributed by atoms with Gasteiger partial charge in [-0.3, -0.25) is 4.79 Å². The molecule has 0 bridgehead atoms. The summed E-state index contributed by atoms with van der Waals surface area (Å²) in [7, 11) is 0. The van der Waals surface area contributed by atoms with Crippen molar-refractivity contribution in [2.24, 2.45) is 5.41 Å². The fourth-order valence-corrected chi connectivity index (χ4v) is 1.76. The van der Waals surface area contributed by atoms with Gasteiger partial charge in [-0.2, -0.15) is 0 Å². The summed E-state index contributed by atoms with van der Waals surface area (Å²) >= 11 is 5.56. The number of hydrogen-bond acceptors (Lipinski definition) is 1. The number of amides is 1. The average molecular weight is 190 g/mol. The molecule has 70 valence electrons. The molecule has 0 saturated carbocycles. The molecule has 0 aromatic carbocycles. The molecule has 1 saturated heterocycles. The van der Waals surface area contributed by atoms with Crippen LogP contribution in [-0.2, 0) is 4.79 Å². The predicted molar refractivity (Wildman–Crippen MR) is 50.3 cm³/mol. The molecule has 1 fully saturated rings. The van der Waals surface area contributed by atoms with Crippen LogP contribution in [0.15, 0.2) is 0 Å². The summed E-state index contributed by atoms with van der Waals surface area (Å²) in [4.78, 5) is 13.3. The highest BCUT2D eigenvalue weighted by molar-refractivity contribution is 6.17. The van der Waals surface area contributed by atoms with E-state index in [1.165, 1.54) is 0 Å². The van der Waals surface area contributed by atoms with Gasteiger partial charge in [0.25, 0.3) is 0 Å². The zero-order chi connectivity index (χ0) is 9.19. The van der Waals surface area contributed by atoms with Gasteiger partial charge in [-0.05, 0) is 11.8 Å². The van der Waals surface area contributed by atoms with Crippen LogP contribution in [0.5, 0.6) is 0 Å². The Hall–Kier alpha value is -0.240. The molecular formula is C9H16ClNO. The maximum Gasteiger partial charge on any atom is 0.223 e. The Balaban J connectivity index is 2.42. The summed E-state index contributed by atoms with van der Waals surface area (Å²) in [5.74, 6) is 0.926. The Kier molecular flexibility index (Phi) is 2.99. The third-order valence-corrected chi connectivity index (χ3v) is 2.43. The van der Waals surface area contributed by atoms with Gasteiger partial charge in [0.2, 0.25) is 5.91 Å². The first kappa shape index (κ1) is 9.85. The van der Waals surface area contributed by atoms with Crippen molar-refractivity contribution in [3.05, 3.63) is 0 Å². The van der Waals surface area contributed by atoms with Crippen LogP contribution in [-0.4, -0.2) is 29.8 Å². The molecule has 12 heavy (non-hydrogen) atoms. The van der Waals surface area contributed by atoms with Crippen molar-refractivity contribution in [3.63, 3.8) is 0 Å². The minimum absolute atomic E-state index is 0.170. The highest BCUT2D eigenvalue weighted by Crippen LogP contribution is 2.29. The quantitative estimate of drug-likeness (QED) is 0.621. The van der Waals surface area contributed by atoms with Gasteiger partial charge in [0.1, 0.15) is 0 Å². The van der Waals surface area contributed by atoms with Crippen LogP contribution in [0.4, 0.5) is 0 Å². The number of likely N-dealkylation sites (tertiary alicyclic amines) is 1. The van der Waals surface area contributed by atoms with Gasteiger partial charge in [-0.15, -0.1) is 11.6 Å². The van der Waals surface area contributed by atoms with E-state index in [2.05, 4.69) is 13.8 Å². The van der Waals surface area contributed by atoms with Crippen LogP contribution >= 0.6 is 11.6 Å². The highest BCUT2D eigenvalue weighted by atomic mass is 35.5. The van der Waals surface area contributed by atoms with E-state index in [1.54, 1.807) is 0 Å². The SMILES string of the molecule is CC1(C)CC(=O)N(CCCCl)C1. The van der Waals surface area contributed by atoms with Gasteiger partial charge in [0, 0.05) is 25.4 Å². The molecular weight excluding hydrogens is 174 g/mol. The molecule has 0 N–H and O–H groups in total. The second-order valence-corrected chi connectivity index (χ2v) is 4.58. The monoisotopic (exact) mass is 189 g/mol. The first-order valence-corrected chi connectivity index (χ1v) is 4.92. The summed E-state index contributed by atoms with van der Waals surface area (Å²) in [5.41, 5.74) is 0.170. The van der Waals surface area contributed by atoms with E-state index in [0.717, 1.165) is 19.5 Å². The highest BCUT2D eigenvalue weighted by Gasteiger charge is 2.34. The lowest BCUT2D eigenvalue weighted by Gasteiger charge is -2.18. The van der Waals surface area contributed by atoms with Crippen molar-refractivity contribution in [3.8, 4) is 0 Å². The molecule has 0 unspecified atom stereocenters. The van der Waals surface area contributed by atoms with Gasteiger partial charge >= 0.3 is 0 Å². The normalized spacial score (nSPS) is 21.9. The second kappa shape index (κ2) is 3.65. The van der Waals surface area contributed by atoms with E-state index in [0.29, 0.717) is 12.3 Å². The Labute approximate surface area is 78.9 Å². The van der Waals surface area contributed by atoms with Crippen LogP contribution in [0.1, 0.15) is 26.7 Å². The summed E-state index contributed by atoms with van der Waals surface area (Å²) in [5, 5.41) is 0. The van der Waals surface area contributed by atoms with E-state index < -0.39 is 0 Å². The lowest BCUT2D eigenvalue weighted by molar-refractivity contribution is -0.127. The van der Waals surface area contributed by atoms with Crippen molar-refractivity contribution in [1.29, 1.82) is 0 Å². The van der Waals surface area contributed by atoms with Gasteiger partial charge in [0.05, 0.1) is 0 Å². The van der Waals surface area contributed by atoms with Crippen LogP contribution in [0.3, 0.4) is 0 Å². The Bertz CT molecular complexity index is 179. The first-order valence-electron chi connectivity index (χ1n) is 4.39. The van der Waals surface area contributed by atoms with Gasteiger partial charge in [-0.1, -0.05) is 13.8 Å². The summed E-state index contributed by atoms with van der Waals surface area (Å²) in [6, 6.07) is 0. The van der Waals surface area contributed by atoms with Crippen molar-refractivity contribution >= 4 is 17.5 Å². The number of alkyl halides is 1. The summed E-state index contributed by atoms with van der Waals surface area (Å²) in [6.07, 6.45) is 1.60. The molecule has 0 radical (unpaired) electrons. The Morgan fingerprint density at radius 2 is 2.25 bits per heavy atom. The Morgan fingerprint density at radius 1 is 1.58 bits per heavy atom. The van der Waals surface area contributed by atoms with Crippen molar-refractivity contribution in [2.45, 2.75) is 26.7 Å². The Morgan fingerprint density at radius 3 is 2.67 bits per heavy atom. The molecule has 3 heteroatoms. The number of hydrogen-bond donors (Lipinski definition) is 0. The van der Waals surface area contributed by atoms with E-state index >= 15 is 0 Å². The molecule has 1 rings (SSSR count). The van der Waals surface area contributed by atoms with Crippen LogP contribution in [0, 0.1) is 5.41 Å². The van der Waals surface area contributed by atoms with Crippen molar-refractivity contribution in [2.75, 3.05) is 19.0 Å². The number of nitrogens with zero attached hydrogens (tertiary/aromatic N) is 1. The topological polar surface area (TPSA) is 20.3 Å². The minimum Gasteiger partial charge on any atom is -0.342 e. The van der Waals surface area contributed by atoms with Gasteiger partial charge in [0.15, 0.2) is 0 Å². The number of carbonyl (C=O) groups is 1. The minimum atomic E-state index is 0.170. The van der Waals surface area contributed by atoms with E-state index in [4.69, 9.17) is 11.6 Å². The predicted octanol–water partition coefficient (Wildman–Crippen LogP) is 1.87. The van der Waals surface area contributed by atoms with E-state index in [-0.39, 0.29) is 11.3 Å². The largest absolute Gasteiger partial charge is 0.342 e. The van der Waals surface area contributed by atoms with Crippen molar-refractivity contribution in [1.82, 2.24) is 4.90 Å². The van der Waals surface area contributed by atoms with E-state index in [1.807, 2.05) is 4.90 Å². The maximum absolute atomic E-state index is 11.4. The average Bonchev–Trinajstić information content (AvgIpc) is 2.20. The van der Waals surface area contributed by atoms with E-state index in [9.17, 15) is 4.79 Å². The third kappa shape index (κ3) is 2.37. The first-order chi connectivity index (χ1) is 5.55.